The van der Waals surface area contributed by atoms with Gasteiger partial charge in [0.1, 0.15) is 6.04 Å². The van der Waals surface area contributed by atoms with E-state index in [1.54, 1.807) is 0 Å². The van der Waals surface area contributed by atoms with Crippen LogP contribution >= 0.6 is 0 Å². The largest absolute Gasteiger partial charge is 0.468 e. The van der Waals surface area contributed by atoms with Crippen molar-refractivity contribution in [2.45, 2.75) is 19.0 Å². The van der Waals surface area contributed by atoms with E-state index < -0.39 is 22.0 Å². The van der Waals surface area contributed by atoms with E-state index in [4.69, 9.17) is 4.74 Å². The van der Waals surface area contributed by atoms with E-state index in [2.05, 4.69) is 4.98 Å². The Kier molecular flexibility index (Phi) is 3.26. The van der Waals surface area contributed by atoms with Gasteiger partial charge in [-0.05, 0) is 11.6 Å². The fraction of sp³-hybridized carbons (Fsp3) is 0.357. The maximum atomic E-state index is 12.0. The van der Waals surface area contributed by atoms with Gasteiger partial charge in [0.2, 0.25) is 10.0 Å². The highest BCUT2D eigenvalue weighted by Crippen LogP contribution is 2.31. The first-order valence-corrected chi connectivity index (χ1v) is 8.39. The Morgan fingerprint density at radius 2 is 2.10 bits per heavy atom. The molecule has 1 aliphatic heterocycles. The molecule has 3 rings (SSSR count). The number of aromatic nitrogens is 1. The van der Waals surface area contributed by atoms with Crippen LogP contribution in [0.5, 0.6) is 0 Å². The second kappa shape index (κ2) is 4.85. The van der Waals surface area contributed by atoms with Gasteiger partial charge in [0.05, 0.1) is 19.9 Å². The Morgan fingerprint density at radius 3 is 2.76 bits per heavy atom. The molecule has 0 unspecified atom stereocenters. The molecule has 0 radical (unpaired) electrons. The zero-order valence-electron chi connectivity index (χ0n) is 11.8. The zero-order valence-corrected chi connectivity index (χ0v) is 12.6. The number of hydrogen-bond acceptors (Lipinski definition) is 4. The number of hydrogen-bond donors (Lipinski definition) is 1. The summed E-state index contributed by atoms with van der Waals surface area (Å²) in [4.78, 5) is 15.2. The van der Waals surface area contributed by atoms with Crippen molar-refractivity contribution in [3.05, 3.63) is 35.5 Å². The molecule has 7 heteroatoms. The number of benzene rings is 1. The quantitative estimate of drug-likeness (QED) is 0.840. The summed E-state index contributed by atoms with van der Waals surface area (Å²) in [7, 11) is -2.23. The molecule has 0 aliphatic carbocycles. The summed E-state index contributed by atoms with van der Waals surface area (Å²) in [6.07, 6.45) is 1.43. The number of fused-ring (bicyclic) bond motifs is 3. The van der Waals surface area contributed by atoms with Crippen molar-refractivity contribution in [1.82, 2.24) is 9.29 Å². The van der Waals surface area contributed by atoms with Crippen LogP contribution in [-0.2, 0) is 32.5 Å². The summed E-state index contributed by atoms with van der Waals surface area (Å²) in [6, 6.07) is 6.93. The molecule has 1 atom stereocenters. The van der Waals surface area contributed by atoms with Crippen molar-refractivity contribution >= 4 is 26.9 Å². The number of ether oxygens (including phenoxy) is 1. The standard InChI is InChI=1S/C14H16N2O4S/c1-20-14(17)13-7-10-9-5-3-4-6-11(9)15-12(10)8-16(13)21(2,18)19/h3-6,13,15H,7-8H2,1-2H3/t13-/m0/s1. The number of carbonyl (C=O) groups excluding carboxylic acids is 1. The van der Waals surface area contributed by atoms with Crippen molar-refractivity contribution in [3.63, 3.8) is 0 Å². The summed E-state index contributed by atoms with van der Waals surface area (Å²) in [5.74, 6) is -0.531. The molecule has 1 aliphatic rings. The predicted molar refractivity (Wildman–Crippen MR) is 78.2 cm³/mol. The third-order valence-corrected chi connectivity index (χ3v) is 5.10. The number of rotatable bonds is 2. The van der Waals surface area contributed by atoms with E-state index in [0.29, 0.717) is 6.42 Å². The van der Waals surface area contributed by atoms with E-state index >= 15 is 0 Å². The minimum absolute atomic E-state index is 0.155. The number of sulfonamides is 1. The van der Waals surface area contributed by atoms with Gasteiger partial charge in [-0.15, -0.1) is 0 Å². The monoisotopic (exact) mass is 308 g/mol. The molecule has 1 aromatic carbocycles. The fourth-order valence-corrected chi connectivity index (χ4v) is 3.86. The zero-order chi connectivity index (χ0) is 15.2. The highest BCUT2D eigenvalue weighted by Gasteiger charge is 2.39. The molecule has 0 saturated heterocycles. The lowest BCUT2D eigenvalue weighted by Gasteiger charge is -2.31. The van der Waals surface area contributed by atoms with Crippen LogP contribution < -0.4 is 0 Å². The van der Waals surface area contributed by atoms with Gasteiger partial charge >= 0.3 is 5.97 Å². The molecule has 1 N–H and O–H groups in total. The Labute approximate surface area is 122 Å². The highest BCUT2D eigenvalue weighted by atomic mass is 32.2. The Bertz CT molecular complexity index is 809. The summed E-state index contributed by atoms with van der Waals surface area (Å²) >= 11 is 0. The molecular weight excluding hydrogens is 292 g/mol. The third kappa shape index (κ3) is 2.32. The normalized spacial score (nSPS) is 19.4. The summed E-state index contributed by atoms with van der Waals surface area (Å²) in [5, 5.41) is 1.02. The van der Waals surface area contributed by atoms with Gasteiger partial charge in [-0.25, -0.2) is 8.42 Å². The molecule has 0 bridgehead atoms. The van der Waals surface area contributed by atoms with Crippen LogP contribution in [0.3, 0.4) is 0 Å². The number of para-hydroxylation sites is 1. The first-order chi connectivity index (χ1) is 9.91. The second-order valence-electron chi connectivity index (χ2n) is 5.18. The van der Waals surface area contributed by atoms with E-state index in [1.807, 2.05) is 24.3 Å². The summed E-state index contributed by atoms with van der Waals surface area (Å²) in [5.41, 5.74) is 2.77. The molecule has 1 aromatic heterocycles. The molecule has 0 amide bonds. The van der Waals surface area contributed by atoms with E-state index in [0.717, 1.165) is 28.4 Å². The average Bonchev–Trinajstić information content (AvgIpc) is 2.82. The van der Waals surface area contributed by atoms with Crippen molar-refractivity contribution in [2.75, 3.05) is 13.4 Å². The van der Waals surface area contributed by atoms with E-state index in [-0.39, 0.29) is 6.54 Å². The lowest BCUT2D eigenvalue weighted by atomic mass is 9.98. The minimum Gasteiger partial charge on any atom is -0.468 e. The summed E-state index contributed by atoms with van der Waals surface area (Å²) in [6.45, 7) is 0.155. The number of methoxy groups -OCH3 is 1. The maximum absolute atomic E-state index is 12.0. The van der Waals surface area contributed by atoms with E-state index in [9.17, 15) is 13.2 Å². The molecule has 0 spiro atoms. The van der Waals surface area contributed by atoms with Crippen LogP contribution in [0.1, 0.15) is 11.3 Å². The predicted octanol–water partition coefficient (Wildman–Crippen LogP) is 1.03. The number of aromatic amines is 1. The van der Waals surface area contributed by atoms with Crippen LogP contribution in [0.15, 0.2) is 24.3 Å². The van der Waals surface area contributed by atoms with Gasteiger partial charge in [-0.1, -0.05) is 18.2 Å². The van der Waals surface area contributed by atoms with Gasteiger partial charge in [0, 0.05) is 23.0 Å². The Balaban J connectivity index is 2.13. The molecule has 112 valence electrons. The highest BCUT2D eigenvalue weighted by molar-refractivity contribution is 7.88. The third-order valence-electron chi connectivity index (χ3n) is 3.86. The molecule has 6 nitrogen and oxygen atoms in total. The van der Waals surface area contributed by atoms with Gasteiger partial charge in [0.15, 0.2) is 0 Å². The van der Waals surface area contributed by atoms with Gasteiger partial charge in [-0.2, -0.15) is 4.31 Å². The first kappa shape index (κ1) is 14.1. The molecule has 0 fully saturated rings. The fourth-order valence-electron chi connectivity index (χ4n) is 2.87. The molecule has 2 aromatic rings. The number of carbonyl (C=O) groups is 1. The van der Waals surface area contributed by atoms with E-state index in [1.165, 1.54) is 11.4 Å². The maximum Gasteiger partial charge on any atom is 0.324 e. The van der Waals surface area contributed by atoms with Crippen LogP contribution in [0.25, 0.3) is 10.9 Å². The van der Waals surface area contributed by atoms with Gasteiger partial charge < -0.3 is 9.72 Å². The Morgan fingerprint density at radius 1 is 1.38 bits per heavy atom. The first-order valence-electron chi connectivity index (χ1n) is 6.55. The number of esters is 1. The minimum atomic E-state index is -3.50. The van der Waals surface area contributed by atoms with Crippen LogP contribution in [0, 0.1) is 0 Å². The topological polar surface area (TPSA) is 79.5 Å². The number of nitrogens with zero attached hydrogens (tertiary/aromatic N) is 1. The van der Waals surface area contributed by atoms with Crippen molar-refractivity contribution < 1.29 is 17.9 Å². The van der Waals surface area contributed by atoms with Gasteiger partial charge in [0.25, 0.3) is 0 Å². The van der Waals surface area contributed by atoms with Crippen LogP contribution in [-0.4, -0.2) is 43.1 Å². The molecule has 2 heterocycles. The Hall–Kier alpha value is -1.86. The average molecular weight is 308 g/mol. The van der Waals surface area contributed by atoms with Crippen molar-refractivity contribution in [2.24, 2.45) is 0 Å². The molecule has 0 saturated carbocycles. The smallest absolute Gasteiger partial charge is 0.324 e. The number of H-pyrrole nitrogens is 1. The lowest BCUT2D eigenvalue weighted by molar-refractivity contribution is -0.145. The SMILES string of the molecule is COC(=O)[C@@H]1Cc2c([nH]c3ccccc23)CN1S(C)(=O)=O. The van der Waals surface area contributed by atoms with Gasteiger partial charge in [-0.3, -0.25) is 4.79 Å². The second-order valence-corrected chi connectivity index (χ2v) is 7.11. The molecular formula is C14H16N2O4S. The van der Waals surface area contributed by atoms with Crippen molar-refractivity contribution in [3.8, 4) is 0 Å². The van der Waals surface area contributed by atoms with Crippen LogP contribution in [0.4, 0.5) is 0 Å². The number of nitrogens with one attached hydrogen (secondary N) is 1. The molecule has 21 heavy (non-hydrogen) atoms. The summed E-state index contributed by atoms with van der Waals surface area (Å²) < 4.78 is 29.8. The lowest BCUT2D eigenvalue weighted by Crippen LogP contribution is -2.48. The van der Waals surface area contributed by atoms with Crippen LogP contribution in [0.2, 0.25) is 0 Å². The van der Waals surface area contributed by atoms with Crippen molar-refractivity contribution in [1.29, 1.82) is 0 Å².